The van der Waals surface area contributed by atoms with Crippen molar-refractivity contribution >= 4 is 0 Å². The first-order valence-electron chi connectivity index (χ1n) is 9.59. The maximum atomic E-state index is 13.1. The van der Waals surface area contributed by atoms with Crippen LogP contribution in [0.3, 0.4) is 0 Å². The molecule has 0 atom stereocenters. The lowest BCUT2D eigenvalue weighted by atomic mass is 10.1. The van der Waals surface area contributed by atoms with Gasteiger partial charge < -0.3 is 4.98 Å². The van der Waals surface area contributed by atoms with Gasteiger partial charge in [-0.2, -0.15) is 0 Å². The molecule has 0 spiro atoms. The number of hydrogen-bond acceptors (Lipinski definition) is 4. The van der Waals surface area contributed by atoms with Gasteiger partial charge in [-0.25, -0.2) is 9.67 Å². The van der Waals surface area contributed by atoms with E-state index in [1.54, 1.807) is 4.68 Å². The van der Waals surface area contributed by atoms with Crippen molar-refractivity contribution in [2.24, 2.45) is 7.05 Å². The highest BCUT2D eigenvalue weighted by Gasteiger charge is 2.22. The standard InChI is InChI=1S/C21H25N5O2/c1-14-18(21(28)26(24(14)3)16-7-5-4-6-8-16)13-25-11-9-17-19(10-12-25)22-15(2)23-20(17)27/h4-8H,9-13H2,1-3H3,(H,22,23,27). The fourth-order valence-corrected chi connectivity index (χ4v) is 3.97. The number of nitrogens with one attached hydrogen (secondary N) is 1. The molecule has 3 aromatic rings. The van der Waals surface area contributed by atoms with Crippen molar-refractivity contribution in [3.8, 4) is 5.69 Å². The molecule has 3 heterocycles. The van der Waals surface area contributed by atoms with E-state index in [-0.39, 0.29) is 11.1 Å². The van der Waals surface area contributed by atoms with Crippen LogP contribution < -0.4 is 11.1 Å². The topological polar surface area (TPSA) is 75.9 Å². The van der Waals surface area contributed by atoms with Gasteiger partial charge in [-0.15, -0.1) is 0 Å². The summed E-state index contributed by atoms with van der Waals surface area (Å²) in [6.45, 7) is 5.88. The number of nitrogens with zero attached hydrogens (tertiary/aromatic N) is 4. The van der Waals surface area contributed by atoms with Crippen molar-refractivity contribution in [1.29, 1.82) is 0 Å². The summed E-state index contributed by atoms with van der Waals surface area (Å²) >= 11 is 0. The minimum Gasteiger partial charge on any atom is -0.311 e. The highest BCUT2D eigenvalue weighted by atomic mass is 16.1. The Labute approximate surface area is 163 Å². The van der Waals surface area contributed by atoms with Gasteiger partial charge in [0.15, 0.2) is 0 Å². The molecule has 0 bridgehead atoms. The van der Waals surface area contributed by atoms with Gasteiger partial charge >= 0.3 is 0 Å². The number of hydrogen-bond donors (Lipinski definition) is 1. The van der Waals surface area contributed by atoms with E-state index in [4.69, 9.17) is 0 Å². The maximum Gasteiger partial charge on any atom is 0.276 e. The second-order valence-electron chi connectivity index (χ2n) is 7.39. The first-order chi connectivity index (χ1) is 13.5. The fourth-order valence-electron chi connectivity index (χ4n) is 3.97. The molecular weight excluding hydrogens is 354 g/mol. The van der Waals surface area contributed by atoms with E-state index in [0.717, 1.165) is 47.7 Å². The first-order valence-corrected chi connectivity index (χ1v) is 9.59. The third-order valence-corrected chi connectivity index (χ3v) is 5.62. The minimum absolute atomic E-state index is 0.0137. The van der Waals surface area contributed by atoms with E-state index in [9.17, 15) is 9.59 Å². The maximum absolute atomic E-state index is 13.1. The Morgan fingerprint density at radius 1 is 1.07 bits per heavy atom. The van der Waals surface area contributed by atoms with Gasteiger partial charge in [0, 0.05) is 44.4 Å². The van der Waals surface area contributed by atoms with Crippen molar-refractivity contribution in [2.45, 2.75) is 33.2 Å². The number of fused-ring (bicyclic) bond motifs is 1. The molecule has 1 N–H and O–H groups in total. The van der Waals surface area contributed by atoms with Gasteiger partial charge in [-0.3, -0.25) is 19.2 Å². The number of aromatic nitrogens is 4. The lowest BCUT2D eigenvalue weighted by Crippen LogP contribution is -2.29. The van der Waals surface area contributed by atoms with E-state index < -0.39 is 0 Å². The van der Waals surface area contributed by atoms with Crippen LogP contribution in [0.15, 0.2) is 39.9 Å². The third kappa shape index (κ3) is 3.22. The van der Waals surface area contributed by atoms with Gasteiger partial charge in [0.1, 0.15) is 5.82 Å². The number of aromatic amines is 1. The van der Waals surface area contributed by atoms with Crippen LogP contribution in [-0.4, -0.2) is 37.3 Å². The molecule has 1 aromatic carbocycles. The van der Waals surface area contributed by atoms with Gasteiger partial charge in [-0.05, 0) is 32.4 Å². The highest BCUT2D eigenvalue weighted by molar-refractivity contribution is 5.33. The molecule has 0 aliphatic carbocycles. The van der Waals surface area contributed by atoms with Crippen LogP contribution in [0.5, 0.6) is 0 Å². The Morgan fingerprint density at radius 3 is 2.54 bits per heavy atom. The normalized spacial score (nSPS) is 14.7. The average molecular weight is 379 g/mol. The van der Waals surface area contributed by atoms with Crippen molar-refractivity contribution < 1.29 is 0 Å². The van der Waals surface area contributed by atoms with Crippen molar-refractivity contribution in [3.05, 3.63) is 79.4 Å². The SMILES string of the molecule is Cc1nc2c(c(=O)[nH]1)CCN(Cc1c(C)n(C)n(-c3ccccc3)c1=O)CC2. The Hall–Kier alpha value is -2.93. The highest BCUT2D eigenvalue weighted by Crippen LogP contribution is 2.15. The lowest BCUT2D eigenvalue weighted by molar-refractivity contribution is 0.277. The van der Waals surface area contributed by atoms with Crippen LogP contribution in [0, 0.1) is 13.8 Å². The fraction of sp³-hybridized carbons (Fsp3) is 0.381. The Bertz CT molecular complexity index is 1120. The summed E-state index contributed by atoms with van der Waals surface area (Å²) in [6.07, 6.45) is 1.37. The van der Waals surface area contributed by atoms with E-state index in [1.165, 1.54) is 0 Å². The van der Waals surface area contributed by atoms with Crippen LogP contribution in [0.2, 0.25) is 0 Å². The summed E-state index contributed by atoms with van der Waals surface area (Å²) in [6, 6.07) is 9.68. The van der Waals surface area contributed by atoms with Gasteiger partial charge in [0.2, 0.25) is 0 Å². The average Bonchev–Trinajstić information content (AvgIpc) is 2.81. The molecular formula is C21H25N5O2. The molecule has 0 saturated carbocycles. The van der Waals surface area contributed by atoms with Crippen LogP contribution in [-0.2, 0) is 26.4 Å². The van der Waals surface area contributed by atoms with E-state index in [2.05, 4.69) is 14.9 Å². The van der Waals surface area contributed by atoms with Crippen molar-refractivity contribution in [1.82, 2.24) is 24.2 Å². The molecule has 0 saturated heterocycles. The third-order valence-electron chi connectivity index (χ3n) is 5.62. The largest absolute Gasteiger partial charge is 0.311 e. The summed E-state index contributed by atoms with van der Waals surface area (Å²) in [5, 5.41) is 0. The Morgan fingerprint density at radius 2 is 1.79 bits per heavy atom. The minimum atomic E-state index is -0.0355. The van der Waals surface area contributed by atoms with E-state index in [1.807, 2.05) is 55.9 Å². The number of rotatable bonds is 3. The Balaban J connectivity index is 1.62. The number of para-hydroxylation sites is 1. The van der Waals surface area contributed by atoms with Crippen LogP contribution >= 0.6 is 0 Å². The predicted octanol–water partition coefficient (Wildman–Crippen LogP) is 1.48. The smallest absolute Gasteiger partial charge is 0.276 e. The zero-order valence-electron chi connectivity index (χ0n) is 16.5. The summed E-state index contributed by atoms with van der Waals surface area (Å²) in [5.74, 6) is 0.654. The lowest BCUT2D eigenvalue weighted by Gasteiger charge is -2.18. The van der Waals surface area contributed by atoms with Crippen molar-refractivity contribution in [2.75, 3.05) is 13.1 Å². The predicted molar refractivity (Wildman–Crippen MR) is 108 cm³/mol. The van der Waals surface area contributed by atoms with Gasteiger partial charge in [0.25, 0.3) is 11.1 Å². The van der Waals surface area contributed by atoms with Gasteiger partial charge in [-0.1, -0.05) is 18.2 Å². The molecule has 2 aromatic heterocycles. The second kappa shape index (κ2) is 7.24. The molecule has 7 heteroatoms. The number of aryl methyl sites for hydroxylation is 1. The molecule has 1 aliphatic rings. The number of H-pyrrole nitrogens is 1. The quantitative estimate of drug-likeness (QED) is 0.748. The summed E-state index contributed by atoms with van der Waals surface area (Å²) in [5.41, 5.74) is 4.26. The van der Waals surface area contributed by atoms with E-state index >= 15 is 0 Å². The molecule has 146 valence electrons. The summed E-state index contributed by atoms with van der Waals surface area (Å²) < 4.78 is 3.63. The second-order valence-corrected chi connectivity index (χ2v) is 7.39. The summed E-state index contributed by atoms with van der Waals surface area (Å²) in [7, 11) is 1.91. The first kappa shape index (κ1) is 18.4. The van der Waals surface area contributed by atoms with Crippen molar-refractivity contribution in [3.63, 3.8) is 0 Å². The Kier molecular flexibility index (Phi) is 4.77. The van der Waals surface area contributed by atoms with Crippen LogP contribution in [0.25, 0.3) is 5.69 Å². The summed E-state index contributed by atoms with van der Waals surface area (Å²) in [4.78, 5) is 34.9. The molecule has 28 heavy (non-hydrogen) atoms. The zero-order valence-corrected chi connectivity index (χ0v) is 16.5. The van der Waals surface area contributed by atoms with Crippen LogP contribution in [0.4, 0.5) is 0 Å². The van der Waals surface area contributed by atoms with E-state index in [0.29, 0.717) is 18.8 Å². The molecule has 0 radical (unpaired) electrons. The molecule has 4 rings (SSSR count). The molecule has 0 amide bonds. The zero-order chi connectivity index (χ0) is 19.8. The van der Waals surface area contributed by atoms with Gasteiger partial charge in [0.05, 0.1) is 16.9 Å². The molecule has 7 nitrogen and oxygen atoms in total. The molecule has 0 fully saturated rings. The number of benzene rings is 1. The molecule has 0 unspecified atom stereocenters. The molecule has 1 aliphatic heterocycles. The van der Waals surface area contributed by atoms with Crippen LogP contribution in [0.1, 0.15) is 28.3 Å². The monoisotopic (exact) mass is 379 g/mol.